The molecule has 0 aliphatic heterocycles. The van der Waals surface area contributed by atoms with Crippen molar-refractivity contribution in [3.63, 3.8) is 0 Å². The zero-order chi connectivity index (χ0) is 11.4. The molecule has 0 amide bonds. The van der Waals surface area contributed by atoms with E-state index in [1.54, 1.807) is 19.1 Å². The molecule has 0 heterocycles. The van der Waals surface area contributed by atoms with E-state index < -0.39 is 0 Å². The first-order chi connectivity index (χ1) is 7.04. The summed E-state index contributed by atoms with van der Waals surface area (Å²) in [5, 5.41) is 0.913. The third-order valence-corrected chi connectivity index (χ3v) is 3.23. The van der Waals surface area contributed by atoms with Gasteiger partial charge in [0.05, 0.1) is 10.0 Å². The molecule has 0 aliphatic rings. The average molecular weight is 312 g/mol. The molecule has 5 heteroatoms. The molecule has 1 aromatic rings. The molecule has 0 aromatic heterocycles. The molecule has 0 spiro atoms. The highest BCUT2D eigenvalue weighted by Crippen LogP contribution is 2.29. The minimum atomic E-state index is -0.243. The lowest BCUT2D eigenvalue weighted by Gasteiger charge is -2.07. The van der Waals surface area contributed by atoms with Gasteiger partial charge in [-0.3, -0.25) is 4.79 Å². The first-order valence-corrected chi connectivity index (χ1v) is 5.88. The average Bonchev–Trinajstić information content (AvgIpc) is 2.21. The fraction of sp³-hybridized carbons (Fsp3) is 0.300. The lowest BCUT2D eigenvalue weighted by molar-refractivity contribution is -0.144. The summed E-state index contributed by atoms with van der Waals surface area (Å²) in [4.78, 5) is 11.0. The monoisotopic (exact) mass is 310 g/mol. The predicted molar refractivity (Wildman–Crippen MR) is 64.2 cm³/mol. The fourth-order valence-electron chi connectivity index (χ4n) is 0.935. The summed E-state index contributed by atoms with van der Waals surface area (Å²) in [5.74, 6) is -0.243. The minimum absolute atomic E-state index is 0.199. The number of halogens is 3. The van der Waals surface area contributed by atoms with Crippen LogP contribution in [-0.2, 0) is 16.1 Å². The summed E-state index contributed by atoms with van der Waals surface area (Å²) < 4.78 is 5.76. The third-order valence-electron chi connectivity index (χ3n) is 1.77. The maximum absolute atomic E-state index is 11.0. The van der Waals surface area contributed by atoms with Gasteiger partial charge in [0.15, 0.2) is 0 Å². The Morgan fingerprint density at radius 3 is 2.60 bits per heavy atom. The van der Waals surface area contributed by atoms with Gasteiger partial charge in [-0.2, -0.15) is 0 Å². The lowest BCUT2D eigenvalue weighted by Crippen LogP contribution is -2.02. The van der Waals surface area contributed by atoms with E-state index in [0.717, 1.165) is 10.0 Å². The normalized spacial score (nSPS) is 10.1. The quantitative estimate of drug-likeness (QED) is 0.617. The van der Waals surface area contributed by atoms with Crippen molar-refractivity contribution in [2.75, 3.05) is 0 Å². The van der Waals surface area contributed by atoms with Crippen molar-refractivity contribution in [2.45, 2.75) is 20.0 Å². The van der Waals surface area contributed by atoms with Crippen molar-refractivity contribution < 1.29 is 9.53 Å². The summed E-state index contributed by atoms with van der Waals surface area (Å²) >= 11 is 15.0. The molecule has 0 radical (unpaired) electrons. The highest BCUT2D eigenvalue weighted by atomic mass is 79.9. The summed E-state index contributed by atoms with van der Waals surface area (Å²) in [6.45, 7) is 1.94. The Hall–Kier alpha value is -0.250. The van der Waals surface area contributed by atoms with Crippen LogP contribution < -0.4 is 0 Å². The van der Waals surface area contributed by atoms with E-state index in [-0.39, 0.29) is 12.6 Å². The van der Waals surface area contributed by atoms with Gasteiger partial charge in [-0.05, 0) is 12.1 Å². The number of rotatable bonds is 3. The van der Waals surface area contributed by atoms with Gasteiger partial charge in [-0.1, -0.05) is 46.1 Å². The van der Waals surface area contributed by atoms with Crippen molar-refractivity contribution in [2.24, 2.45) is 0 Å². The molecule has 0 fully saturated rings. The van der Waals surface area contributed by atoms with Crippen molar-refractivity contribution in [3.05, 3.63) is 32.2 Å². The Labute approximate surface area is 107 Å². The molecule has 15 heavy (non-hydrogen) atoms. The smallest absolute Gasteiger partial charge is 0.305 e. The predicted octanol–water partition coefficient (Wildman–Crippen LogP) is 4.21. The van der Waals surface area contributed by atoms with Crippen LogP contribution in [0.15, 0.2) is 16.6 Å². The van der Waals surface area contributed by atoms with E-state index in [1.807, 2.05) is 0 Å². The standard InChI is InChI=1S/C10H9BrCl2O2/c1-2-10(14)15-5-6-3-8(12)9(13)4-7(6)11/h3-4H,2,5H2,1H3. The zero-order valence-electron chi connectivity index (χ0n) is 8.02. The summed E-state index contributed by atoms with van der Waals surface area (Å²) in [6.07, 6.45) is 0.360. The van der Waals surface area contributed by atoms with Crippen molar-refractivity contribution in [1.29, 1.82) is 0 Å². The zero-order valence-corrected chi connectivity index (χ0v) is 11.1. The highest BCUT2D eigenvalue weighted by Gasteiger charge is 2.07. The number of carbonyl (C=O) groups is 1. The molecule has 0 aliphatic carbocycles. The molecule has 0 unspecified atom stereocenters. The largest absolute Gasteiger partial charge is 0.461 e. The highest BCUT2D eigenvalue weighted by molar-refractivity contribution is 9.10. The second-order valence-electron chi connectivity index (χ2n) is 2.87. The van der Waals surface area contributed by atoms with E-state index in [9.17, 15) is 4.79 Å². The van der Waals surface area contributed by atoms with Crippen LogP contribution in [0.5, 0.6) is 0 Å². The second kappa shape index (κ2) is 5.73. The number of carbonyl (C=O) groups excluding carboxylic acids is 1. The number of hydrogen-bond acceptors (Lipinski definition) is 2. The van der Waals surface area contributed by atoms with E-state index in [1.165, 1.54) is 0 Å². The molecule has 0 saturated carbocycles. The molecule has 0 bridgehead atoms. The Morgan fingerprint density at radius 2 is 2.00 bits per heavy atom. The lowest BCUT2D eigenvalue weighted by atomic mass is 10.2. The molecular weight excluding hydrogens is 303 g/mol. The molecule has 2 nitrogen and oxygen atoms in total. The van der Waals surface area contributed by atoms with Crippen LogP contribution in [0.1, 0.15) is 18.9 Å². The minimum Gasteiger partial charge on any atom is -0.461 e. The van der Waals surface area contributed by atoms with E-state index in [4.69, 9.17) is 27.9 Å². The van der Waals surface area contributed by atoms with E-state index in [2.05, 4.69) is 15.9 Å². The first-order valence-electron chi connectivity index (χ1n) is 4.33. The van der Waals surface area contributed by atoms with Crippen molar-refractivity contribution in [1.82, 2.24) is 0 Å². The fourth-order valence-corrected chi connectivity index (χ4v) is 1.87. The van der Waals surface area contributed by atoms with Gasteiger partial charge < -0.3 is 4.74 Å². The molecule has 0 atom stereocenters. The van der Waals surface area contributed by atoms with Crippen LogP contribution in [-0.4, -0.2) is 5.97 Å². The van der Waals surface area contributed by atoms with Gasteiger partial charge >= 0.3 is 5.97 Å². The SMILES string of the molecule is CCC(=O)OCc1cc(Cl)c(Cl)cc1Br. The summed E-state index contributed by atoms with van der Waals surface area (Å²) in [5.41, 5.74) is 0.797. The third kappa shape index (κ3) is 3.67. The van der Waals surface area contributed by atoms with Crippen LogP contribution in [0.3, 0.4) is 0 Å². The maximum Gasteiger partial charge on any atom is 0.305 e. The van der Waals surface area contributed by atoms with Gasteiger partial charge in [0.25, 0.3) is 0 Å². The van der Waals surface area contributed by atoms with Gasteiger partial charge in [0, 0.05) is 16.5 Å². The van der Waals surface area contributed by atoms with Crippen LogP contribution in [0.2, 0.25) is 10.0 Å². The van der Waals surface area contributed by atoms with Gasteiger partial charge in [0.2, 0.25) is 0 Å². The molecule has 82 valence electrons. The number of esters is 1. The molecule has 0 N–H and O–H groups in total. The van der Waals surface area contributed by atoms with Crippen LogP contribution in [0.25, 0.3) is 0 Å². The Morgan fingerprint density at radius 1 is 1.40 bits per heavy atom. The van der Waals surface area contributed by atoms with Crippen LogP contribution in [0.4, 0.5) is 0 Å². The number of hydrogen-bond donors (Lipinski definition) is 0. The maximum atomic E-state index is 11.0. The van der Waals surface area contributed by atoms with Crippen molar-refractivity contribution >= 4 is 45.1 Å². The Balaban J connectivity index is 2.77. The first kappa shape index (κ1) is 12.8. The van der Waals surface area contributed by atoms with Crippen LogP contribution >= 0.6 is 39.1 Å². The molecule has 1 rings (SSSR count). The van der Waals surface area contributed by atoms with Gasteiger partial charge in [0.1, 0.15) is 6.61 Å². The van der Waals surface area contributed by atoms with Crippen LogP contribution in [0, 0.1) is 0 Å². The Kier molecular flexibility index (Phi) is 4.90. The number of ether oxygens (including phenoxy) is 1. The Bertz CT molecular complexity index is 380. The van der Waals surface area contributed by atoms with Gasteiger partial charge in [-0.25, -0.2) is 0 Å². The second-order valence-corrected chi connectivity index (χ2v) is 4.54. The van der Waals surface area contributed by atoms with E-state index >= 15 is 0 Å². The van der Waals surface area contributed by atoms with Gasteiger partial charge in [-0.15, -0.1) is 0 Å². The molecule has 1 aromatic carbocycles. The van der Waals surface area contributed by atoms with E-state index in [0.29, 0.717) is 16.5 Å². The van der Waals surface area contributed by atoms with Crippen molar-refractivity contribution in [3.8, 4) is 0 Å². The molecule has 0 saturated heterocycles. The topological polar surface area (TPSA) is 26.3 Å². The molecular formula is C10H9BrCl2O2. The summed E-state index contributed by atoms with van der Waals surface area (Å²) in [6, 6.07) is 3.36. The summed E-state index contributed by atoms with van der Waals surface area (Å²) in [7, 11) is 0. The number of benzene rings is 1.